The van der Waals surface area contributed by atoms with Gasteiger partial charge in [0.15, 0.2) is 0 Å². The van der Waals surface area contributed by atoms with Crippen molar-refractivity contribution in [3.8, 4) is 0 Å². The van der Waals surface area contributed by atoms with E-state index in [9.17, 15) is 19.2 Å². The molecule has 0 spiro atoms. The van der Waals surface area contributed by atoms with E-state index in [-0.39, 0.29) is 28.1 Å². The van der Waals surface area contributed by atoms with Crippen LogP contribution in [0, 0.1) is 0 Å². The first-order valence-corrected chi connectivity index (χ1v) is 7.92. The number of amides is 2. The van der Waals surface area contributed by atoms with Crippen LogP contribution in [0.5, 0.6) is 0 Å². The molecule has 0 unspecified atom stereocenters. The Morgan fingerprint density at radius 1 is 0.963 bits per heavy atom. The number of allylic oxidation sites excluding steroid dienone is 2. The predicted octanol–water partition coefficient (Wildman–Crippen LogP) is 1.40. The second-order valence-electron chi connectivity index (χ2n) is 5.69. The molecule has 27 heavy (non-hydrogen) atoms. The van der Waals surface area contributed by atoms with Gasteiger partial charge in [0.05, 0.1) is 36.6 Å². The molecule has 1 aromatic rings. The Labute approximate surface area is 154 Å². The first-order valence-electron chi connectivity index (χ1n) is 7.92. The van der Waals surface area contributed by atoms with Crippen LogP contribution in [0.15, 0.2) is 53.9 Å². The Kier molecular flexibility index (Phi) is 4.64. The van der Waals surface area contributed by atoms with E-state index in [1.807, 2.05) is 0 Å². The molecule has 2 aliphatic heterocycles. The number of rotatable bonds is 3. The van der Waals surface area contributed by atoms with Crippen LogP contribution in [0.2, 0.25) is 0 Å². The molecule has 0 radical (unpaired) electrons. The third kappa shape index (κ3) is 2.80. The van der Waals surface area contributed by atoms with Crippen molar-refractivity contribution in [1.82, 2.24) is 4.90 Å². The largest absolute Gasteiger partial charge is 0.465 e. The summed E-state index contributed by atoms with van der Waals surface area (Å²) in [5.74, 6) is -2.48. The number of benzene rings is 1. The highest BCUT2D eigenvalue weighted by molar-refractivity contribution is 6.24. The van der Waals surface area contributed by atoms with Gasteiger partial charge in [-0.1, -0.05) is 12.1 Å². The number of hydrogen-bond donors (Lipinski definition) is 0. The van der Waals surface area contributed by atoms with Crippen molar-refractivity contribution in [3.05, 3.63) is 65.0 Å². The average Bonchev–Trinajstić information content (AvgIpc) is 2.86. The summed E-state index contributed by atoms with van der Waals surface area (Å²) >= 11 is 0. The Bertz CT molecular complexity index is 957. The third-order valence-corrected chi connectivity index (χ3v) is 4.24. The van der Waals surface area contributed by atoms with Crippen molar-refractivity contribution >= 4 is 29.4 Å². The fraction of sp³-hybridized carbons (Fsp3) is 0.158. The van der Waals surface area contributed by atoms with Gasteiger partial charge in [-0.05, 0) is 24.3 Å². The molecule has 0 aliphatic carbocycles. The van der Waals surface area contributed by atoms with Gasteiger partial charge >= 0.3 is 11.9 Å². The molecule has 1 aromatic carbocycles. The summed E-state index contributed by atoms with van der Waals surface area (Å²) in [6.07, 6.45) is 6.06. The van der Waals surface area contributed by atoms with Crippen molar-refractivity contribution in [2.75, 3.05) is 26.2 Å². The van der Waals surface area contributed by atoms with E-state index < -0.39 is 23.8 Å². The highest BCUT2D eigenvalue weighted by Gasteiger charge is 2.38. The van der Waals surface area contributed by atoms with Crippen molar-refractivity contribution in [2.24, 2.45) is 0 Å². The summed E-state index contributed by atoms with van der Waals surface area (Å²) in [7, 11) is 3.75. The van der Waals surface area contributed by atoms with Gasteiger partial charge in [-0.3, -0.25) is 14.5 Å². The molecule has 8 nitrogen and oxygen atoms in total. The van der Waals surface area contributed by atoms with E-state index in [1.54, 1.807) is 24.3 Å². The number of fused-ring (bicyclic) bond motifs is 1. The maximum absolute atomic E-state index is 12.6. The Morgan fingerprint density at radius 3 is 2.33 bits per heavy atom. The molecule has 0 atom stereocenters. The summed E-state index contributed by atoms with van der Waals surface area (Å²) in [6, 6.07) is 4.71. The first kappa shape index (κ1) is 18.1. The zero-order valence-electron chi connectivity index (χ0n) is 14.9. The van der Waals surface area contributed by atoms with Gasteiger partial charge in [0, 0.05) is 13.2 Å². The van der Waals surface area contributed by atoms with Gasteiger partial charge in [0.1, 0.15) is 5.70 Å². The second-order valence-corrected chi connectivity index (χ2v) is 5.69. The molecule has 0 saturated heterocycles. The Balaban J connectivity index is 2.28. The lowest BCUT2D eigenvalue weighted by Crippen LogP contribution is -2.29. The molecule has 0 saturated carbocycles. The minimum Gasteiger partial charge on any atom is -0.465 e. The quantitative estimate of drug-likeness (QED) is 0.588. The van der Waals surface area contributed by atoms with E-state index in [0.717, 1.165) is 4.90 Å². The molecule has 8 heteroatoms. The number of carbonyl (C=O) groups is 4. The average molecular weight is 368 g/mol. The lowest BCUT2D eigenvalue weighted by molar-refractivity contribution is -0.139. The topological polar surface area (TPSA) is 93.2 Å². The zero-order valence-corrected chi connectivity index (χ0v) is 14.9. The van der Waals surface area contributed by atoms with Crippen LogP contribution in [0.4, 0.5) is 5.69 Å². The van der Waals surface area contributed by atoms with Gasteiger partial charge in [-0.15, -0.1) is 0 Å². The van der Waals surface area contributed by atoms with Crippen molar-refractivity contribution in [2.45, 2.75) is 0 Å². The first-order chi connectivity index (χ1) is 12.9. The molecule has 0 N–H and O–H groups in total. The fourth-order valence-corrected chi connectivity index (χ4v) is 2.94. The summed E-state index contributed by atoms with van der Waals surface area (Å²) in [6.45, 7) is 0. The highest BCUT2D eigenvalue weighted by Crippen LogP contribution is 2.35. The van der Waals surface area contributed by atoms with E-state index in [2.05, 4.69) is 0 Å². The van der Waals surface area contributed by atoms with Crippen LogP contribution >= 0.6 is 0 Å². The molecule has 0 aromatic heterocycles. The van der Waals surface area contributed by atoms with E-state index >= 15 is 0 Å². The van der Waals surface area contributed by atoms with Crippen LogP contribution in [0.3, 0.4) is 0 Å². The van der Waals surface area contributed by atoms with E-state index in [1.165, 1.54) is 44.5 Å². The lowest BCUT2D eigenvalue weighted by Gasteiger charge is -2.24. The molecule has 2 heterocycles. The van der Waals surface area contributed by atoms with Crippen molar-refractivity contribution in [1.29, 1.82) is 0 Å². The number of anilines is 1. The smallest absolute Gasteiger partial charge is 0.355 e. The SMILES string of the molecule is COC(=O)C1=C(C(=O)OC)N(c2cccc3c2C(=O)N(C)C3=O)C=CC=C1. The predicted molar refractivity (Wildman–Crippen MR) is 94.7 cm³/mol. The monoisotopic (exact) mass is 368 g/mol. The van der Waals surface area contributed by atoms with Crippen LogP contribution in [-0.4, -0.2) is 49.9 Å². The Morgan fingerprint density at radius 2 is 1.67 bits per heavy atom. The summed E-state index contributed by atoms with van der Waals surface area (Å²) in [5, 5.41) is 0. The molecule has 3 rings (SSSR count). The minimum atomic E-state index is -0.797. The summed E-state index contributed by atoms with van der Waals surface area (Å²) in [4.78, 5) is 51.9. The van der Waals surface area contributed by atoms with Crippen molar-refractivity contribution < 1.29 is 28.7 Å². The maximum Gasteiger partial charge on any atom is 0.355 e. The summed E-state index contributed by atoms with van der Waals surface area (Å²) in [5.41, 5.74) is 0.461. The third-order valence-electron chi connectivity index (χ3n) is 4.24. The second kappa shape index (κ2) is 6.91. The van der Waals surface area contributed by atoms with Crippen LogP contribution in [0.25, 0.3) is 0 Å². The molecule has 2 aliphatic rings. The van der Waals surface area contributed by atoms with Gasteiger partial charge in [0.25, 0.3) is 11.8 Å². The molecule has 2 amide bonds. The molecule has 0 bridgehead atoms. The molecular formula is C19H16N2O6. The van der Waals surface area contributed by atoms with Crippen LogP contribution in [0.1, 0.15) is 20.7 Å². The number of methoxy groups -OCH3 is 2. The number of carbonyl (C=O) groups excluding carboxylic acids is 4. The molecule has 138 valence electrons. The van der Waals surface area contributed by atoms with Gasteiger partial charge < -0.3 is 14.4 Å². The summed E-state index contributed by atoms with van der Waals surface area (Å²) < 4.78 is 9.60. The fourth-order valence-electron chi connectivity index (χ4n) is 2.94. The molecular weight excluding hydrogens is 352 g/mol. The number of imide groups is 1. The van der Waals surface area contributed by atoms with E-state index in [0.29, 0.717) is 0 Å². The van der Waals surface area contributed by atoms with Gasteiger partial charge in [-0.2, -0.15) is 0 Å². The number of esters is 2. The van der Waals surface area contributed by atoms with Crippen LogP contribution in [-0.2, 0) is 19.1 Å². The Hall–Kier alpha value is -3.68. The maximum atomic E-state index is 12.6. The van der Waals surface area contributed by atoms with E-state index in [4.69, 9.17) is 9.47 Å². The van der Waals surface area contributed by atoms with Gasteiger partial charge in [0.2, 0.25) is 0 Å². The number of hydrogen-bond acceptors (Lipinski definition) is 7. The normalized spacial score (nSPS) is 15.8. The molecule has 0 fully saturated rings. The van der Waals surface area contributed by atoms with Crippen molar-refractivity contribution in [3.63, 3.8) is 0 Å². The minimum absolute atomic E-state index is 0.0444. The zero-order chi connectivity index (χ0) is 19.7. The van der Waals surface area contributed by atoms with Gasteiger partial charge in [-0.25, -0.2) is 9.59 Å². The van der Waals surface area contributed by atoms with Crippen LogP contribution < -0.4 is 4.90 Å². The standard InChI is InChI=1S/C19H16N2O6/c1-20-16(22)11-8-6-9-13(14(11)17(20)23)21-10-5-4-7-12(18(24)26-2)15(21)19(25)27-3/h4-10H,1-3H3. The number of ether oxygens (including phenoxy) is 2. The highest BCUT2D eigenvalue weighted by atomic mass is 16.5. The number of nitrogens with zero attached hydrogens (tertiary/aromatic N) is 2. The lowest BCUT2D eigenvalue weighted by atomic mass is 10.1.